The van der Waals surface area contributed by atoms with Crippen LogP contribution in [0.25, 0.3) is 0 Å². The van der Waals surface area contributed by atoms with Gasteiger partial charge in [0, 0.05) is 12.0 Å². The fraction of sp³-hybridized carbons (Fsp3) is 0.533. The number of nitro groups is 1. The minimum Gasteiger partial charge on any atom is -0.489 e. The summed E-state index contributed by atoms with van der Waals surface area (Å²) < 4.78 is 5.08. The molecule has 1 rings (SSSR count). The molecule has 1 aromatic carbocycles. The molecule has 0 aliphatic heterocycles. The maximum Gasteiger partial charge on any atom is 0.313 e. The molecule has 0 saturated carbocycles. The zero-order valence-corrected chi connectivity index (χ0v) is 12.7. The zero-order chi connectivity index (χ0) is 15.8. The van der Waals surface area contributed by atoms with Crippen molar-refractivity contribution < 1.29 is 14.5 Å². The molecule has 0 fully saturated rings. The summed E-state index contributed by atoms with van der Waals surface area (Å²) in [7, 11) is 1.35. The van der Waals surface area contributed by atoms with Crippen molar-refractivity contribution in [3.63, 3.8) is 0 Å². The molecule has 0 atom stereocenters. The lowest BCUT2D eigenvalue weighted by Gasteiger charge is -2.16. The fourth-order valence-electron chi connectivity index (χ4n) is 2.32. The zero-order valence-electron chi connectivity index (χ0n) is 12.7. The predicted octanol–water partition coefficient (Wildman–Crippen LogP) is 3.76. The molecule has 0 aromatic heterocycles. The van der Waals surface area contributed by atoms with Crippen LogP contribution in [0.5, 0.6) is 5.75 Å². The molecule has 6 nitrogen and oxygen atoms in total. The topological polar surface area (TPSA) is 81.5 Å². The summed E-state index contributed by atoms with van der Waals surface area (Å²) in [5, 5.41) is 13.7. The molecule has 0 aliphatic rings. The Kier molecular flexibility index (Phi) is 6.65. The number of ether oxygens (including phenoxy) is 1. The third kappa shape index (κ3) is 4.44. The largest absolute Gasteiger partial charge is 0.489 e. The Morgan fingerprint density at radius 3 is 2.43 bits per heavy atom. The maximum absolute atomic E-state index is 12.3. The standard InChI is InChI=1S/C15H22N2O4/c1-4-7-11(8-5-2)15(18)16-12-9-6-10-13(17(19)20)14(12)21-3/h6,9-11H,4-5,7-8H2,1-3H3,(H,16,18). The summed E-state index contributed by atoms with van der Waals surface area (Å²) in [6.07, 6.45) is 3.45. The van der Waals surface area contributed by atoms with Crippen molar-refractivity contribution in [2.24, 2.45) is 5.92 Å². The van der Waals surface area contributed by atoms with Crippen LogP contribution < -0.4 is 10.1 Å². The molecular weight excluding hydrogens is 272 g/mol. The first-order valence-electron chi connectivity index (χ1n) is 7.17. The van der Waals surface area contributed by atoms with Gasteiger partial charge in [-0.25, -0.2) is 0 Å². The van der Waals surface area contributed by atoms with Gasteiger partial charge in [0.05, 0.1) is 17.7 Å². The Hall–Kier alpha value is -2.11. The number of para-hydroxylation sites is 1. The van der Waals surface area contributed by atoms with E-state index in [4.69, 9.17) is 4.74 Å². The summed E-state index contributed by atoms with van der Waals surface area (Å²) in [5.74, 6) is -0.107. The SMILES string of the molecule is CCCC(CCC)C(=O)Nc1cccc([N+](=O)[O-])c1OC. The quantitative estimate of drug-likeness (QED) is 0.584. The van der Waals surface area contributed by atoms with Crippen molar-refractivity contribution >= 4 is 17.3 Å². The van der Waals surface area contributed by atoms with Crippen LogP contribution in [0.1, 0.15) is 39.5 Å². The molecular formula is C15H22N2O4. The van der Waals surface area contributed by atoms with Gasteiger partial charge in [-0.3, -0.25) is 14.9 Å². The Morgan fingerprint density at radius 1 is 1.33 bits per heavy atom. The van der Waals surface area contributed by atoms with Gasteiger partial charge in [-0.1, -0.05) is 32.8 Å². The molecule has 0 aliphatic carbocycles. The molecule has 1 N–H and O–H groups in total. The number of nitrogens with one attached hydrogen (secondary N) is 1. The van der Waals surface area contributed by atoms with E-state index >= 15 is 0 Å². The van der Waals surface area contributed by atoms with Crippen molar-refractivity contribution in [1.82, 2.24) is 0 Å². The van der Waals surface area contributed by atoms with Crippen LogP contribution in [-0.2, 0) is 4.79 Å². The minimum atomic E-state index is -0.524. The molecule has 116 valence electrons. The number of methoxy groups -OCH3 is 1. The summed E-state index contributed by atoms with van der Waals surface area (Å²) in [6, 6.07) is 4.49. The molecule has 1 aromatic rings. The van der Waals surface area contributed by atoms with E-state index in [1.54, 1.807) is 6.07 Å². The number of benzene rings is 1. The van der Waals surface area contributed by atoms with Crippen molar-refractivity contribution in [3.8, 4) is 5.75 Å². The van der Waals surface area contributed by atoms with Crippen LogP contribution in [0, 0.1) is 16.0 Å². The van der Waals surface area contributed by atoms with Gasteiger partial charge in [-0.05, 0) is 18.9 Å². The van der Waals surface area contributed by atoms with Crippen LogP contribution >= 0.6 is 0 Å². The highest BCUT2D eigenvalue weighted by atomic mass is 16.6. The van der Waals surface area contributed by atoms with Gasteiger partial charge < -0.3 is 10.1 Å². The van der Waals surface area contributed by atoms with E-state index in [1.807, 2.05) is 13.8 Å². The third-order valence-corrected chi connectivity index (χ3v) is 3.30. The molecule has 0 radical (unpaired) electrons. The summed E-state index contributed by atoms with van der Waals surface area (Å²) in [4.78, 5) is 22.8. The lowest BCUT2D eigenvalue weighted by Crippen LogP contribution is -2.23. The first-order chi connectivity index (χ1) is 10.0. The highest BCUT2D eigenvalue weighted by Crippen LogP contribution is 2.35. The first-order valence-corrected chi connectivity index (χ1v) is 7.17. The second-order valence-corrected chi connectivity index (χ2v) is 4.88. The molecule has 0 heterocycles. The Bertz CT molecular complexity index is 496. The number of rotatable bonds is 8. The van der Waals surface area contributed by atoms with E-state index in [0.717, 1.165) is 25.7 Å². The van der Waals surface area contributed by atoms with Crippen molar-refractivity contribution in [2.75, 3.05) is 12.4 Å². The third-order valence-electron chi connectivity index (χ3n) is 3.30. The Balaban J connectivity index is 2.98. The normalized spacial score (nSPS) is 10.5. The van der Waals surface area contributed by atoms with E-state index in [9.17, 15) is 14.9 Å². The second-order valence-electron chi connectivity index (χ2n) is 4.88. The van der Waals surface area contributed by atoms with Gasteiger partial charge in [-0.2, -0.15) is 0 Å². The van der Waals surface area contributed by atoms with E-state index in [1.165, 1.54) is 19.2 Å². The van der Waals surface area contributed by atoms with Crippen molar-refractivity contribution in [1.29, 1.82) is 0 Å². The van der Waals surface area contributed by atoms with E-state index < -0.39 is 4.92 Å². The molecule has 21 heavy (non-hydrogen) atoms. The van der Waals surface area contributed by atoms with Gasteiger partial charge in [0.25, 0.3) is 0 Å². The molecule has 0 unspecified atom stereocenters. The van der Waals surface area contributed by atoms with Crippen LogP contribution in [0.2, 0.25) is 0 Å². The maximum atomic E-state index is 12.3. The smallest absolute Gasteiger partial charge is 0.313 e. The van der Waals surface area contributed by atoms with Gasteiger partial charge >= 0.3 is 5.69 Å². The van der Waals surface area contributed by atoms with Crippen LogP contribution in [0.15, 0.2) is 18.2 Å². The molecule has 0 spiro atoms. The lowest BCUT2D eigenvalue weighted by atomic mass is 9.97. The van der Waals surface area contributed by atoms with Gasteiger partial charge in [-0.15, -0.1) is 0 Å². The highest BCUT2D eigenvalue weighted by Gasteiger charge is 2.22. The molecule has 0 saturated heterocycles. The van der Waals surface area contributed by atoms with E-state index in [-0.39, 0.29) is 23.3 Å². The van der Waals surface area contributed by atoms with E-state index in [2.05, 4.69) is 5.32 Å². The number of amides is 1. The monoisotopic (exact) mass is 294 g/mol. The van der Waals surface area contributed by atoms with Gasteiger partial charge in [0.2, 0.25) is 11.7 Å². The average molecular weight is 294 g/mol. The number of nitro benzene ring substituents is 1. The number of anilines is 1. The lowest BCUT2D eigenvalue weighted by molar-refractivity contribution is -0.385. The predicted molar refractivity (Wildman–Crippen MR) is 81.6 cm³/mol. The first kappa shape index (κ1) is 16.9. The van der Waals surface area contributed by atoms with Gasteiger partial charge in [0.1, 0.15) is 0 Å². The van der Waals surface area contributed by atoms with Crippen LogP contribution in [-0.4, -0.2) is 17.9 Å². The number of hydrogen-bond acceptors (Lipinski definition) is 4. The van der Waals surface area contributed by atoms with Crippen LogP contribution in [0.3, 0.4) is 0 Å². The number of carbonyl (C=O) groups excluding carboxylic acids is 1. The van der Waals surface area contributed by atoms with Gasteiger partial charge in [0.15, 0.2) is 0 Å². The summed E-state index contributed by atoms with van der Waals surface area (Å²) >= 11 is 0. The Labute approximate surface area is 124 Å². The molecule has 6 heteroatoms. The average Bonchev–Trinajstić information content (AvgIpc) is 2.46. The summed E-state index contributed by atoms with van der Waals surface area (Å²) in [6.45, 7) is 4.06. The van der Waals surface area contributed by atoms with Crippen molar-refractivity contribution in [2.45, 2.75) is 39.5 Å². The number of carbonyl (C=O) groups is 1. The summed E-state index contributed by atoms with van der Waals surface area (Å²) in [5.41, 5.74) is 0.187. The molecule has 0 bridgehead atoms. The number of hydrogen-bond donors (Lipinski definition) is 1. The number of nitrogens with zero attached hydrogens (tertiary/aromatic N) is 1. The Morgan fingerprint density at radius 2 is 1.95 bits per heavy atom. The second kappa shape index (κ2) is 8.24. The molecule has 1 amide bonds. The van der Waals surface area contributed by atoms with Crippen molar-refractivity contribution in [3.05, 3.63) is 28.3 Å². The fourth-order valence-corrected chi connectivity index (χ4v) is 2.32. The minimum absolute atomic E-state index is 0.0797. The highest BCUT2D eigenvalue weighted by molar-refractivity contribution is 5.94. The van der Waals surface area contributed by atoms with E-state index in [0.29, 0.717) is 5.69 Å². The van der Waals surface area contributed by atoms with Crippen LogP contribution in [0.4, 0.5) is 11.4 Å².